The molecule has 0 spiro atoms. The van der Waals surface area contributed by atoms with Crippen molar-refractivity contribution in [3.05, 3.63) is 16.1 Å². The molecule has 108 valence electrons. The Kier molecular flexibility index (Phi) is 7.67. The Balaban J connectivity index is 2.19. The van der Waals surface area contributed by atoms with Crippen LogP contribution in [0, 0.1) is 6.92 Å². The third-order valence-corrected chi connectivity index (χ3v) is 3.88. The van der Waals surface area contributed by atoms with Crippen molar-refractivity contribution in [2.45, 2.75) is 58.4 Å². The van der Waals surface area contributed by atoms with E-state index in [1.165, 1.54) is 0 Å². The van der Waals surface area contributed by atoms with Gasteiger partial charge in [0.15, 0.2) is 0 Å². The Labute approximate surface area is 119 Å². The van der Waals surface area contributed by atoms with Crippen molar-refractivity contribution in [2.75, 3.05) is 6.54 Å². The van der Waals surface area contributed by atoms with Gasteiger partial charge in [0.2, 0.25) is 5.91 Å². The van der Waals surface area contributed by atoms with Gasteiger partial charge in [-0.05, 0) is 26.2 Å². The van der Waals surface area contributed by atoms with Crippen LogP contribution in [0.5, 0.6) is 0 Å². The van der Waals surface area contributed by atoms with E-state index in [-0.39, 0.29) is 11.9 Å². The van der Waals surface area contributed by atoms with Crippen LogP contribution in [0.3, 0.4) is 0 Å². The average molecular weight is 283 g/mol. The quantitative estimate of drug-likeness (QED) is 0.731. The van der Waals surface area contributed by atoms with Gasteiger partial charge in [-0.1, -0.05) is 19.8 Å². The van der Waals surface area contributed by atoms with E-state index < -0.39 is 0 Å². The molecular formula is C14H25N3OS. The highest BCUT2D eigenvalue weighted by Gasteiger charge is 2.10. The minimum atomic E-state index is 0.110. The second kappa shape index (κ2) is 9.04. The van der Waals surface area contributed by atoms with Gasteiger partial charge in [0, 0.05) is 24.4 Å². The number of aryl methyl sites for hydroxylation is 2. The molecule has 3 N–H and O–H groups in total. The Bertz CT molecular complexity index is 379. The standard InChI is InChI=1S/C14H25N3OS/c1-3-4-6-12(9-15)17-14(18)8-5-7-13-10-19-11(2)16-13/h10,12H,3-9,15H2,1-2H3,(H,17,18). The highest BCUT2D eigenvalue weighted by atomic mass is 32.1. The van der Waals surface area contributed by atoms with Crippen molar-refractivity contribution >= 4 is 17.2 Å². The van der Waals surface area contributed by atoms with Crippen molar-refractivity contribution in [2.24, 2.45) is 5.73 Å². The normalized spacial score (nSPS) is 12.4. The lowest BCUT2D eigenvalue weighted by Crippen LogP contribution is -2.40. The minimum Gasteiger partial charge on any atom is -0.352 e. The molecule has 0 fully saturated rings. The van der Waals surface area contributed by atoms with Crippen molar-refractivity contribution in [1.29, 1.82) is 0 Å². The maximum Gasteiger partial charge on any atom is 0.220 e. The number of carbonyl (C=O) groups is 1. The number of unbranched alkanes of at least 4 members (excludes halogenated alkanes) is 1. The summed E-state index contributed by atoms with van der Waals surface area (Å²) in [5.41, 5.74) is 6.76. The third kappa shape index (κ3) is 6.68. The van der Waals surface area contributed by atoms with Crippen molar-refractivity contribution in [1.82, 2.24) is 10.3 Å². The topological polar surface area (TPSA) is 68.0 Å². The molecule has 19 heavy (non-hydrogen) atoms. The monoisotopic (exact) mass is 283 g/mol. The lowest BCUT2D eigenvalue weighted by atomic mass is 10.1. The molecule has 0 aliphatic heterocycles. The molecule has 0 saturated carbocycles. The molecule has 1 aromatic heterocycles. The summed E-state index contributed by atoms with van der Waals surface area (Å²) < 4.78 is 0. The van der Waals surface area contributed by atoms with Crippen LogP contribution in [0.15, 0.2) is 5.38 Å². The summed E-state index contributed by atoms with van der Waals surface area (Å²) in [6.45, 7) is 4.67. The van der Waals surface area contributed by atoms with Gasteiger partial charge >= 0.3 is 0 Å². The van der Waals surface area contributed by atoms with Crippen LogP contribution in [-0.4, -0.2) is 23.5 Å². The van der Waals surface area contributed by atoms with E-state index in [1.807, 2.05) is 6.92 Å². The predicted molar refractivity (Wildman–Crippen MR) is 80.3 cm³/mol. The van der Waals surface area contributed by atoms with Gasteiger partial charge in [-0.3, -0.25) is 4.79 Å². The molecule has 4 nitrogen and oxygen atoms in total. The SMILES string of the molecule is CCCCC(CN)NC(=O)CCCc1csc(C)n1. The van der Waals surface area contributed by atoms with Crippen LogP contribution in [0.1, 0.15) is 49.7 Å². The third-order valence-electron chi connectivity index (χ3n) is 3.06. The first-order valence-corrected chi connectivity index (χ1v) is 7.94. The van der Waals surface area contributed by atoms with Crippen molar-refractivity contribution in [3.63, 3.8) is 0 Å². The Morgan fingerprint density at radius 1 is 1.53 bits per heavy atom. The van der Waals surface area contributed by atoms with Crippen LogP contribution in [-0.2, 0) is 11.2 Å². The lowest BCUT2D eigenvalue weighted by molar-refractivity contribution is -0.121. The largest absolute Gasteiger partial charge is 0.352 e. The summed E-state index contributed by atoms with van der Waals surface area (Å²) in [6.07, 6.45) is 5.50. The maximum atomic E-state index is 11.8. The molecule has 0 aromatic carbocycles. The van der Waals surface area contributed by atoms with Crippen LogP contribution >= 0.6 is 11.3 Å². The number of nitrogens with zero attached hydrogens (tertiary/aromatic N) is 1. The van der Waals surface area contributed by atoms with E-state index in [2.05, 4.69) is 22.6 Å². The molecular weight excluding hydrogens is 258 g/mol. The summed E-state index contributed by atoms with van der Waals surface area (Å²) >= 11 is 1.66. The smallest absolute Gasteiger partial charge is 0.220 e. The number of amides is 1. The zero-order valence-electron chi connectivity index (χ0n) is 11.9. The molecule has 1 atom stereocenters. The van der Waals surface area contributed by atoms with E-state index in [0.29, 0.717) is 13.0 Å². The number of aromatic nitrogens is 1. The summed E-state index contributed by atoms with van der Waals surface area (Å²) in [5.74, 6) is 0.110. The molecule has 1 unspecified atom stereocenters. The lowest BCUT2D eigenvalue weighted by Gasteiger charge is -2.16. The first-order chi connectivity index (χ1) is 9.15. The van der Waals surface area contributed by atoms with E-state index in [0.717, 1.165) is 42.8 Å². The minimum absolute atomic E-state index is 0.110. The molecule has 1 heterocycles. The molecule has 0 aliphatic carbocycles. The fourth-order valence-electron chi connectivity index (χ4n) is 1.95. The molecule has 0 saturated heterocycles. The number of hydrogen-bond donors (Lipinski definition) is 2. The van der Waals surface area contributed by atoms with Gasteiger partial charge in [-0.15, -0.1) is 11.3 Å². The molecule has 1 aromatic rings. The van der Waals surface area contributed by atoms with Gasteiger partial charge in [0.25, 0.3) is 0 Å². The zero-order valence-corrected chi connectivity index (χ0v) is 12.8. The van der Waals surface area contributed by atoms with Crippen LogP contribution in [0.2, 0.25) is 0 Å². The molecule has 0 aliphatic rings. The number of hydrogen-bond acceptors (Lipinski definition) is 4. The summed E-state index contributed by atoms with van der Waals surface area (Å²) in [7, 11) is 0. The highest BCUT2D eigenvalue weighted by Crippen LogP contribution is 2.10. The average Bonchev–Trinajstić information content (AvgIpc) is 2.80. The Hall–Kier alpha value is -0.940. The number of nitrogens with one attached hydrogen (secondary N) is 1. The highest BCUT2D eigenvalue weighted by molar-refractivity contribution is 7.09. The van der Waals surface area contributed by atoms with E-state index >= 15 is 0 Å². The van der Waals surface area contributed by atoms with Gasteiger partial charge in [0.05, 0.1) is 10.7 Å². The fourth-order valence-corrected chi connectivity index (χ4v) is 2.60. The van der Waals surface area contributed by atoms with Gasteiger partial charge in [-0.25, -0.2) is 4.98 Å². The van der Waals surface area contributed by atoms with Crippen molar-refractivity contribution in [3.8, 4) is 0 Å². The summed E-state index contributed by atoms with van der Waals surface area (Å²) in [5, 5.41) is 6.16. The van der Waals surface area contributed by atoms with Crippen molar-refractivity contribution < 1.29 is 4.79 Å². The Morgan fingerprint density at radius 3 is 2.89 bits per heavy atom. The first kappa shape index (κ1) is 16.1. The van der Waals surface area contributed by atoms with E-state index in [9.17, 15) is 4.79 Å². The molecule has 0 bridgehead atoms. The zero-order chi connectivity index (χ0) is 14.1. The molecule has 0 radical (unpaired) electrons. The Morgan fingerprint density at radius 2 is 2.32 bits per heavy atom. The number of thiazole rings is 1. The maximum absolute atomic E-state index is 11.8. The number of nitrogens with two attached hydrogens (primary N) is 1. The summed E-state index contributed by atoms with van der Waals surface area (Å²) in [6, 6.07) is 0.133. The van der Waals surface area contributed by atoms with Gasteiger partial charge < -0.3 is 11.1 Å². The summed E-state index contributed by atoms with van der Waals surface area (Å²) in [4.78, 5) is 16.2. The number of carbonyl (C=O) groups excluding carboxylic acids is 1. The number of rotatable bonds is 9. The van der Waals surface area contributed by atoms with Gasteiger partial charge in [-0.2, -0.15) is 0 Å². The molecule has 1 rings (SSSR count). The van der Waals surface area contributed by atoms with Gasteiger partial charge in [0.1, 0.15) is 0 Å². The van der Waals surface area contributed by atoms with E-state index in [4.69, 9.17) is 5.73 Å². The van der Waals surface area contributed by atoms with Crippen LogP contribution in [0.4, 0.5) is 0 Å². The molecule has 5 heteroatoms. The second-order valence-corrected chi connectivity index (χ2v) is 5.92. The van der Waals surface area contributed by atoms with Crippen LogP contribution in [0.25, 0.3) is 0 Å². The predicted octanol–water partition coefficient (Wildman–Crippen LogP) is 2.41. The first-order valence-electron chi connectivity index (χ1n) is 7.06. The second-order valence-electron chi connectivity index (χ2n) is 4.85. The van der Waals surface area contributed by atoms with E-state index in [1.54, 1.807) is 11.3 Å². The fraction of sp³-hybridized carbons (Fsp3) is 0.714. The van der Waals surface area contributed by atoms with Crippen LogP contribution < -0.4 is 11.1 Å². The molecule has 1 amide bonds.